The van der Waals surface area contributed by atoms with Crippen LogP contribution in [0, 0.1) is 17.2 Å². The molecule has 112 valence electrons. The molecule has 5 nitrogen and oxygen atoms in total. The maximum Gasteiger partial charge on any atom is 0.235 e. The third-order valence-electron chi connectivity index (χ3n) is 4.49. The molecular formula is C15H26N4O. The first-order chi connectivity index (χ1) is 9.63. The highest BCUT2D eigenvalue weighted by Gasteiger charge is 2.35. The normalized spacial score (nSPS) is 22.6. The number of amides is 1. The molecule has 2 rings (SSSR count). The van der Waals surface area contributed by atoms with Gasteiger partial charge in [0.15, 0.2) is 0 Å². The second kappa shape index (κ2) is 7.05. The number of carbonyl (C=O) groups excluding carboxylic acids is 1. The molecule has 0 radical (unpaired) electrons. The predicted octanol–water partition coefficient (Wildman–Crippen LogP) is 0.870. The second-order valence-electron chi connectivity index (χ2n) is 6.34. The van der Waals surface area contributed by atoms with Crippen LogP contribution in [0.25, 0.3) is 0 Å². The molecular weight excluding hydrogens is 252 g/mol. The number of nitrogens with zero attached hydrogens (tertiary/aromatic N) is 2. The zero-order valence-corrected chi connectivity index (χ0v) is 12.5. The lowest BCUT2D eigenvalue weighted by atomic mass is 9.97. The minimum absolute atomic E-state index is 0.00937. The van der Waals surface area contributed by atoms with E-state index in [2.05, 4.69) is 21.6 Å². The molecule has 2 aliphatic rings. The van der Waals surface area contributed by atoms with Gasteiger partial charge >= 0.3 is 0 Å². The maximum atomic E-state index is 12.1. The Hall–Kier alpha value is -1.12. The van der Waals surface area contributed by atoms with Gasteiger partial charge in [0, 0.05) is 6.54 Å². The summed E-state index contributed by atoms with van der Waals surface area (Å²) >= 11 is 0. The van der Waals surface area contributed by atoms with Crippen LogP contribution in [0.5, 0.6) is 0 Å². The molecule has 5 heteroatoms. The van der Waals surface area contributed by atoms with Gasteiger partial charge in [0.1, 0.15) is 5.54 Å². The first kappa shape index (κ1) is 15.3. The Balaban J connectivity index is 1.74. The van der Waals surface area contributed by atoms with E-state index < -0.39 is 5.54 Å². The van der Waals surface area contributed by atoms with E-state index in [0.29, 0.717) is 12.5 Å². The summed E-state index contributed by atoms with van der Waals surface area (Å²) < 4.78 is 0. The van der Waals surface area contributed by atoms with Gasteiger partial charge in [-0.05, 0) is 64.6 Å². The number of nitrogens with one attached hydrogen (secondary N) is 2. The lowest BCUT2D eigenvalue weighted by Crippen LogP contribution is -2.49. The highest BCUT2D eigenvalue weighted by Crippen LogP contribution is 2.28. The quantitative estimate of drug-likeness (QED) is 0.783. The Morgan fingerprint density at radius 2 is 2.05 bits per heavy atom. The number of carbonyl (C=O) groups is 1. The van der Waals surface area contributed by atoms with Crippen molar-refractivity contribution in [2.45, 2.75) is 44.1 Å². The van der Waals surface area contributed by atoms with Crippen LogP contribution in [-0.2, 0) is 4.79 Å². The van der Waals surface area contributed by atoms with E-state index in [1.165, 1.54) is 12.8 Å². The van der Waals surface area contributed by atoms with Gasteiger partial charge in [0.05, 0.1) is 12.6 Å². The van der Waals surface area contributed by atoms with Crippen molar-refractivity contribution in [2.24, 2.45) is 5.92 Å². The molecule has 0 aromatic carbocycles. The number of hydrogen-bond acceptors (Lipinski definition) is 4. The summed E-state index contributed by atoms with van der Waals surface area (Å²) in [5.41, 5.74) is -0.591. The van der Waals surface area contributed by atoms with E-state index in [1.807, 2.05) is 7.05 Å². The minimum atomic E-state index is -0.591. The molecule has 0 unspecified atom stereocenters. The minimum Gasteiger partial charge on any atom is -0.337 e. The average molecular weight is 278 g/mol. The van der Waals surface area contributed by atoms with Crippen molar-refractivity contribution in [3.8, 4) is 6.07 Å². The largest absolute Gasteiger partial charge is 0.337 e. The molecule has 1 saturated heterocycles. The molecule has 2 N–H and O–H groups in total. The molecule has 1 amide bonds. The van der Waals surface area contributed by atoms with E-state index in [9.17, 15) is 10.1 Å². The monoisotopic (exact) mass is 278 g/mol. The molecule has 0 aromatic heterocycles. The Morgan fingerprint density at radius 1 is 1.40 bits per heavy atom. The summed E-state index contributed by atoms with van der Waals surface area (Å²) in [6, 6.07) is 2.30. The van der Waals surface area contributed by atoms with E-state index in [-0.39, 0.29) is 5.91 Å². The molecule has 2 fully saturated rings. The van der Waals surface area contributed by atoms with Crippen LogP contribution in [0.3, 0.4) is 0 Å². The third-order valence-corrected chi connectivity index (χ3v) is 4.49. The van der Waals surface area contributed by atoms with Crippen molar-refractivity contribution in [3.05, 3.63) is 0 Å². The van der Waals surface area contributed by atoms with Crippen molar-refractivity contribution in [2.75, 3.05) is 33.2 Å². The molecule has 1 saturated carbocycles. The van der Waals surface area contributed by atoms with Gasteiger partial charge < -0.3 is 10.6 Å². The molecule has 1 aliphatic heterocycles. The fraction of sp³-hybridized carbons (Fsp3) is 0.867. The summed E-state index contributed by atoms with van der Waals surface area (Å²) in [5, 5.41) is 15.6. The highest BCUT2D eigenvalue weighted by molar-refractivity contribution is 5.79. The van der Waals surface area contributed by atoms with Gasteiger partial charge in [-0.2, -0.15) is 5.26 Å². The number of hydrogen-bond donors (Lipinski definition) is 2. The summed E-state index contributed by atoms with van der Waals surface area (Å²) in [6.07, 6.45) is 6.06. The first-order valence-corrected chi connectivity index (χ1v) is 7.75. The molecule has 1 aliphatic carbocycles. The van der Waals surface area contributed by atoms with Crippen LogP contribution in [0.1, 0.15) is 38.5 Å². The molecule has 0 aromatic rings. The van der Waals surface area contributed by atoms with Crippen LogP contribution in [0.15, 0.2) is 0 Å². The maximum absolute atomic E-state index is 12.1. The van der Waals surface area contributed by atoms with Crippen molar-refractivity contribution in [3.63, 3.8) is 0 Å². The number of likely N-dealkylation sites (N-methyl/N-ethyl adjacent to an activating group) is 1. The smallest absolute Gasteiger partial charge is 0.235 e. The summed E-state index contributed by atoms with van der Waals surface area (Å²) in [7, 11) is 2.00. The van der Waals surface area contributed by atoms with Crippen LogP contribution < -0.4 is 10.6 Å². The lowest BCUT2D eigenvalue weighted by Gasteiger charge is -2.28. The Bertz CT molecular complexity index is 365. The fourth-order valence-electron chi connectivity index (χ4n) is 3.36. The van der Waals surface area contributed by atoms with E-state index in [4.69, 9.17) is 0 Å². The van der Waals surface area contributed by atoms with Gasteiger partial charge in [-0.25, -0.2) is 0 Å². The van der Waals surface area contributed by atoms with Gasteiger partial charge in [-0.1, -0.05) is 0 Å². The Labute approximate surface area is 121 Å². The van der Waals surface area contributed by atoms with Crippen LogP contribution in [-0.4, -0.2) is 49.6 Å². The summed E-state index contributed by atoms with van der Waals surface area (Å²) in [6.45, 7) is 3.53. The Morgan fingerprint density at radius 3 is 2.65 bits per heavy atom. The van der Waals surface area contributed by atoms with Crippen LogP contribution in [0.4, 0.5) is 0 Å². The highest BCUT2D eigenvalue weighted by atomic mass is 16.2. The summed E-state index contributed by atoms with van der Waals surface area (Å²) in [5.74, 6) is 0.676. The van der Waals surface area contributed by atoms with Crippen molar-refractivity contribution in [1.82, 2.24) is 15.5 Å². The molecule has 20 heavy (non-hydrogen) atoms. The van der Waals surface area contributed by atoms with Crippen molar-refractivity contribution >= 4 is 5.91 Å². The van der Waals surface area contributed by atoms with E-state index in [0.717, 1.165) is 45.3 Å². The van der Waals surface area contributed by atoms with Gasteiger partial charge in [-0.15, -0.1) is 0 Å². The van der Waals surface area contributed by atoms with Crippen LogP contribution >= 0.6 is 0 Å². The zero-order chi connectivity index (χ0) is 14.4. The lowest BCUT2D eigenvalue weighted by molar-refractivity contribution is -0.123. The van der Waals surface area contributed by atoms with Crippen LogP contribution in [0.2, 0.25) is 0 Å². The van der Waals surface area contributed by atoms with Gasteiger partial charge in [-0.3, -0.25) is 9.69 Å². The molecule has 0 atom stereocenters. The number of nitriles is 1. The van der Waals surface area contributed by atoms with Gasteiger partial charge in [0.2, 0.25) is 5.91 Å². The Kier molecular flexibility index (Phi) is 5.38. The second-order valence-corrected chi connectivity index (χ2v) is 6.34. The number of rotatable bonds is 5. The van der Waals surface area contributed by atoms with E-state index >= 15 is 0 Å². The molecule has 0 bridgehead atoms. The average Bonchev–Trinajstić information content (AvgIpc) is 2.88. The number of piperidine rings is 1. The fourth-order valence-corrected chi connectivity index (χ4v) is 3.36. The molecule has 0 spiro atoms. The molecule has 1 heterocycles. The topological polar surface area (TPSA) is 68.2 Å². The van der Waals surface area contributed by atoms with Gasteiger partial charge in [0.25, 0.3) is 0 Å². The zero-order valence-electron chi connectivity index (χ0n) is 12.5. The standard InChI is InChI=1S/C15H26N4O/c1-19(10-13-4-8-17-9-5-13)11-14(20)18-15(12-16)6-2-3-7-15/h13,17H,2-11H2,1H3,(H,18,20). The summed E-state index contributed by atoms with van der Waals surface area (Å²) in [4.78, 5) is 14.2. The SMILES string of the molecule is CN(CC(=O)NC1(C#N)CCCC1)CC1CCNCC1. The van der Waals surface area contributed by atoms with Crippen molar-refractivity contribution in [1.29, 1.82) is 5.26 Å². The van der Waals surface area contributed by atoms with Crippen molar-refractivity contribution < 1.29 is 4.79 Å². The predicted molar refractivity (Wildman–Crippen MR) is 78.0 cm³/mol. The first-order valence-electron chi connectivity index (χ1n) is 7.75. The van der Waals surface area contributed by atoms with E-state index in [1.54, 1.807) is 0 Å². The third kappa shape index (κ3) is 4.19.